The van der Waals surface area contributed by atoms with Crippen molar-refractivity contribution in [2.24, 2.45) is 16.5 Å². The summed E-state index contributed by atoms with van der Waals surface area (Å²) in [5, 5.41) is 15.6. The Labute approximate surface area is 108 Å². The van der Waals surface area contributed by atoms with Crippen molar-refractivity contribution in [3.63, 3.8) is 0 Å². The van der Waals surface area contributed by atoms with Gasteiger partial charge in [0.05, 0.1) is 5.92 Å². The molecule has 17 heavy (non-hydrogen) atoms. The van der Waals surface area contributed by atoms with Crippen molar-refractivity contribution >= 4 is 22.7 Å². The van der Waals surface area contributed by atoms with Crippen molar-refractivity contribution in [1.29, 1.82) is 0 Å². The Morgan fingerprint density at radius 2 is 1.71 bits per heavy atom. The Bertz CT molecular complexity index is 301. The molecule has 0 bridgehead atoms. The minimum Gasteiger partial charge on any atom is -0.410 e. The Kier molecular flexibility index (Phi) is 5.52. The molecule has 0 aliphatic carbocycles. The minimum atomic E-state index is -0.443. The van der Waals surface area contributed by atoms with E-state index < -0.39 is 5.92 Å². The standard InChI is InChI=1S/C12H24N2O2S/c1-11(2,3)8(9(15)13-7)10(14-16)17-12(4,5)6/h8,16H,1-7H3,(H,13,15). The van der Waals surface area contributed by atoms with E-state index in [4.69, 9.17) is 5.21 Å². The molecular formula is C12H24N2O2S. The van der Waals surface area contributed by atoms with Crippen LogP contribution in [0, 0.1) is 11.3 Å². The fourth-order valence-electron chi connectivity index (χ4n) is 1.47. The van der Waals surface area contributed by atoms with E-state index in [1.165, 1.54) is 11.8 Å². The summed E-state index contributed by atoms with van der Waals surface area (Å²) in [6, 6.07) is 0. The number of thioether (sulfide) groups is 1. The van der Waals surface area contributed by atoms with Crippen molar-refractivity contribution in [1.82, 2.24) is 5.32 Å². The van der Waals surface area contributed by atoms with Gasteiger partial charge in [-0.05, 0) is 5.41 Å². The number of nitrogens with zero attached hydrogens (tertiary/aromatic N) is 1. The molecule has 0 aromatic carbocycles. The monoisotopic (exact) mass is 260 g/mol. The Morgan fingerprint density at radius 1 is 1.24 bits per heavy atom. The molecule has 0 spiro atoms. The molecule has 4 nitrogen and oxygen atoms in total. The average molecular weight is 260 g/mol. The lowest BCUT2D eigenvalue weighted by atomic mass is 9.80. The second-order valence-electron chi connectivity index (χ2n) is 6.07. The first-order valence-corrected chi connectivity index (χ1v) is 6.47. The van der Waals surface area contributed by atoms with Crippen molar-refractivity contribution < 1.29 is 10.0 Å². The first-order chi connectivity index (χ1) is 7.53. The highest BCUT2D eigenvalue weighted by Gasteiger charge is 2.37. The van der Waals surface area contributed by atoms with Crippen LogP contribution >= 0.6 is 11.8 Å². The van der Waals surface area contributed by atoms with Crippen LogP contribution in [-0.4, -0.2) is 28.0 Å². The van der Waals surface area contributed by atoms with Gasteiger partial charge in [-0.3, -0.25) is 4.79 Å². The number of nitrogens with one attached hydrogen (secondary N) is 1. The minimum absolute atomic E-state index is 0.0981. The molecule has 1 amide bonds. The smallest absolute Gasteiger partial charge is 0.230 e. The van der Waals surface area contributed by atoms with Gasteiger partial charge in [-0.2, -0.15) is 0 Å². The summed E-state index contributed by atoms with van der Waals surface area (Å²) in [6.45, 7) is 11.9. The molecule has 1 atom stereocenters. The first kappa shape index (κ1) is 16.3. The molecule has 0 aliphatic heterocycles. The lowest BCUT2D eigenvalue weighted by molar-refractivity contribution is -0.124. The lowest BCUT2D eigenvalue weighted by Gasteiger charge is -2.31. The van der Waals surface area contributed by atoms with Crippen LogP contribution in [0.2, 0.25) is 0 Å². The summed E-state index contributed by atoms with van der Waals surface area (Å²) in [6.07, 6.45) is 0. The zero-order valence-electron chi connectivity index (χ0n) is 11.8. The van der Waals surface area contributed by atoms with E-state index in [2.05, 4.69) is 10.5 Å². The van der Waals surface area contributed by atoms with Crippen LogP contribution in [0.3, 0.4) is 0 Å². The fourth-order valence-corrected chi connectivity index (χ4v) is 2.72. The summed E-state index contributed by atoms with van der Waals surface area (Å²) in [5.41, 5.74) is -0.292. The van der Waals surface area contributed by atoms with Crippen LogP contribution in [-0.2, 0) is 4.79 Å². The predicted molar refractivity (Wildman–Crippen MR) is 73.6 cm³/mol. The summed E-state index contributed by atoms with van der Waals surface area (Å²) in [5.74, 6) is -0.566. The van der Waals surface area contributed by atoms with Gasteiger partial charge in [0.15, 0.2) is 0 Å². The summed E-state index contributed by atoms with van der Waals surface area (Å²) in [4.78, 5) is 11.9. The highest BCUT2D eigenvalue weighted by molar-refractivity contribution is 8.15. The number of hydrogen-bond acceptors (Lipinski definition) is 4. The van der Waals surface area contributed by atoms with Gasteiger partial charge in [-0.25, -0.2) is 0 Å². The molecule has 0 aromatic rings. The van der Waals surface area contributed by atoms with E-state index in [1.807, 2.05) is 41.5 Å². The highest BCUT2D eigenvalue weighted by atomic mass is 32.2. The van der Waals surface area contributed by atoms with Crippen LogP contribution in [0.4, 0.5) is 0 Å². The topological polar surface area (TPSA) is 61.7 Å². The highest BCUT2D eigenvalue weighted by Crippen LogP contribution is 2.36. The van der Waals surface area contributed by atoms with Gasteiger partial charge in [0.25, 0.3) is 0 Å². The molecule has 5 heteroatoms. The Hall–Kier alpha value is -0.710. The number of carbonyl (C=O) groups excluding carboxylic acids is 1. The Balaban J connectivity index is 5.23. The van der Waals surface area contributed by atoms with Gasteiger partial charge in [-0.15, -0.1) is 11.8 Å². The molecule has 0 rings (SSSR count). The second-order valence-corrected chi connectivity index (χ2v) is 7.91. The zero-order chi connectivity index (χ0) is 13.9. The van der Waals surface area contributed by atoms with E-state index in [1.54, 1.807) is 7.05 Å². The van der Waals surface area contributed by atoms with Gasteiger partial charge in [0, 0.05) is 11.8 Å². The number of oxime groups is 1. The summed E-state index contributed by atoms with van der Waals surface area (Å²) >= 11 is 1.42. The quantitative estimate of drug-likeness (QED) is 0.347. The van der Waals surface area contributed by atoms with Crippen LogP contribution < -0.4 is 5.32 Å². The third-order valence-electron chi connectivity index (χ3n) is 2.13. The number of carbonyl (C=O) groups is 1. The van der Waals surface area contributed by atoms with Crippen LogP contribution in [0.25, 0.3) is 0 Å². The largest absolute Gasteiger partial charge is 0.410 e. The molecule has 100 valence electrons. The summed E-state index contributed by atoms with van der Waals surface area (Å²) < 4.78 is -0.0981. The van der Waals surface area contributed by atoms with Crippen LogP contribution in [0.5, 0.6) is 0 Å². The maximum atomic E-state index is 11.9. The van der Waals surface area contributed by atoms with Crippen LogP contribution in [0.1, 0.15) is 41.5 Å². The maximum absolute atomic E-state index is 11.9. The van der Waals surface area contributed by atoms with Crippen molar-refractivity contribution in [2.75, 3.05) is 7.05 Å². The summed E-state index contributed by atoms with van der Waals surface area (Å²) in [7, 11) is 1.60. The van der Waals surface area contributed by atoms with Gasteiger partial charge in [0.1, 0.15) is 5.04 Å². The molecule has 0 radical (unpaired) electrons. The van der Waals surface area contributed by atoms with Crippen molar-refractivity contribution in [3.8, 4) is 0 Å². The molecular weight excluding hydrogens is 236 g/mol. The molecule has 0 heterocycles. The molecule has 1 unspecified atom stereocenters. The van der Waals surface area contributed by atoms with E-state index in [9.17, 15) is 4.79 Å². The normalized spacial score (nSPS) is 15.6. The third kappa shape index (κ3) is 5.44. The number of hydrogen-bond donors (Lipinski definition) is 2. The van der Waals surface area contributed by atoms with Gasteiger partial charge >= 0.3 is 0 Å². The van der Waals surface area contributed by atoms with E-state index in [-0.39, 0.29) is 16.1 Å². The van der Waals surface area contributed by atoms with E-state index >= 15 is 0 Å². The predicted octanol–water partition coefficient (Wildman–Crippen LogP) is 2.71. The zero-order valence-corrected chi connectivity index (χ0v) is 12.6. The number of amides is 1. The van der Waals surface area contributed by atoms with Gasteiger partial charge in [-0.1, -0.05) is 46.7 Å². The molecule has 0 saturated carbocycles. The van der Waals surface area contributed by atoms with Crippen LogP contribution in [0.15, 0.2) is 5.16 Å². The maximum Gasteiger partial charge on any atom is 0.230 e. The molecule has 0 fully saturated rings. The van der Waals surface area contributed by atoms with Gasteiger partial charge < -0.3 is 10.5 Å². The first-order valence-electron chi connectivity index (χ1n) is 5.65. The molecule has 0 saturated heterocycles. The van der Waals surface area contributed by atoms with E-state index in [0.717, 1.165) is 0 Å². The lowest BCUT2D eigenvalue weighted by Crippen LogP contribution is -2.41. The second kappa shape index (κ2) is 5.76. The average Bonchev–Trinajstić information content (AvgIpc) is 2.12. The number of rotatable bonds is 2. The fraction of sp³-hybridized carbons (Fsp3) is 0.833. The molecule has 0 aromatic heterocycles. The van der Waals surface area contributed by atoms with Crippen molar-refractivity contribution in [2.45, 2.75) is 46.3 Å². The Morgan fingerprint density at radius 3 is 1.94 bits per heavy atom. The molecule has 2 N–H and O–H groups in total. The molecule has 0 aliphatic rings. The third-order valence-corrected chi connectivity index (χ3v) is 3.27. The van der Waals surface area contributed by atoms with Crippen molar-refractivity contribution in [3.05, 3.63) is 0 Å². The van der Waals surface area contributed by atoms with E-state index in [0.29, 0.717) is 5.04 Å². The SMILES string of the molecule is CNC(=O)C(C(=NO)SC(C)(C)C)C(C)(C)C. The van der Waals surface area contributed by atoms with Gasteiger partial charge in [0.2, 0.25) is 5.91 Å².